The van der Waals surface area contributed by atoms with E-state index in [0.717, 1.165) is 17.5 Å². The maximum Gasteiger partial charge on any atom is 0.251 e. The fourth-order valence-corrected chi connectivity index (χ4v) is 1.92. The predicted molar refractivity (Wildman–Crippen MR) is 69.0 cm³/mol. The zero-order valence-electron chi connectivity index (χ0n) is 10.7. The third-order valence-electron chi connectivity index (χ3n) is 2.72. The Hall–Kier alpha value is -1.35. The fraction of sp³-hybridized carbons (Fsp3) is 0.500. The largest absolute Gasteiger partial charge is 0.393 e. The van der Waals surface area contributed by atoms with Gasteiger partial charge >= 0.3 is 0 Å². The van der Waals surface area contributed by atoms with E-state index in [9.17, 15) is 9.90 Å². The number of nitrogens with one attached hydrogen (secondary N) is 1. The molecule has 0 saturated carbocycles. The topological polar surface area (TPSA) is 49.3 Å². The van der Waals surface area contributed by atoms with Crippen LogP contribution in [0.1, 0.15) is 43.1 Å². The number of carbonyl (C=O) groups excluding carboxylic acids is 1. The molecule has 0 aliphatic rings. The average Bonchev–Trinajstić information content (AvgIpc) is 2.27. The van der Waals surface area contributed by atoms with Gasteiger partial charge in [-0.05, 0) is 38.3 Å². The quantitative estimate of drug-likeness (QED) is 0.821. The first-order valence-corrected chi connectivity index (χ1v) is 6.11. The van der Waals surface area contributed by atoms with Crippen LogP contribution in [-0.2, 0) is 6.42 Å². The van der Waals surface area contributed by atoms with Crippen LogP contribution in [0.4, 0.5) is 0 Å². The summed E-state index contributed by atoms with van der Waals surface area (Å²) < 4.78 is 0. The predicted octanol–water partition coefficient (Wildman–Crippen LogP) is 2.14. The Morgan fingerprint density at radius 1 is 1.35 bits per heavy atom. The van der Waals surface area contributed by atoms with E-state index in [2.05, 4.69) is 5.32 Å². The molecule has 0 fully saturated rings. The van der Waals surface area contributed by atoms with Gasteiger partial charge in [0.2, 0.25) is 0 Å². The molecule has 2 unspecified atom stereocenters. The van der Waals surface area contributed by atoms with Gasteiger partial charge in [-0.3, -0.25) is 4.79 Å². The first-order chi connectivity index (χ1) is 8.04. The third-order valence-corrected chi connectivity index (χ3v) is 2.72. The summed E-state index contributed by atoms with van der Waals surface area (Å²) in [7, 11) is 0. The lowest BCUT2D eigenvalue weighted by atomic mass is 10.0. The number of aryl methyl sites for hydroxylation is 1. The summed E-state index contributed by atoms with van der Waals surface area (Å²) >= 11 is 0. The Balaban J connectivity index is 2.69. The molecular weight excluding hydrogens is 214 g/mol. The van der Waals surface area contributed by atoms with Crippen molar-refractivity contribution in [1.82, 2.24) is 5.32 Å². The van der Waals surface area contributed by atoms with Gasteiger partial charge in [0.1, 0.15) is 0 Å². The van der Waals surface area contributed by atoms with Crippen molar-refractivity contribution < 1.29 is 9.90 Å². The Kier molecular flexibility index (Phi) is 5.16. The van der Waals surface area contributed by atoms with Crippen molar-refractivity contribution in [3.63, 3.8) is 0 Å². The van der Waals surface area contributed by atoms with E-state index in [1.165, 1.54) is 0 Å². The van der Waals surface area contributed by atoms with Crippen molar-refractivity contribution in [3.8, 4) is 0 Å². The molecule has 2 atom stereocenters. The highest BCUT2D eigenvalue weighted by Gasteiger charge is 2.13. The highest BCUT2D eigenvalue weighted by Crippen LogP contribution is 2.10. The summed E-state index contributed by atoms with van der Waals surface area (Å²) in [5.74, 6) is -0.0596. The van der Waals surface area contributed by atoms with Crippen LogP contribution in [0.15, 0.2) is 24.3 Å². The molecular formula is C14H21NO2. The van der Waals surface area contributed by atoms with Crippen molar-refractivity contribution in [2.24, 2.45) is 0 Å². The van der Waals surface area contributed by atoms with E-state index < -0.39 is 6.10 Å². The smallest absolute Gasteiger partial charge is 0.251 e. The van der Waals surface area contributed by atoms with Crippen molar-refractivity contribution in [2.75, 3.05) is 0 Å². The zero-order valence-corrected chi connectivity index (χ0v) is 10.7. The molecule has 0 heterocycles. The van der Waals surface area contributed by atoms with Crippen LogP contribution < -0.4 is 5.32 Å². The second kappa shape index (κ2) is 6.40. The van der Waals surface area contributed by atoms with Gasteiger partial charge in [0.15, 0.2) is 0 Å². The van der Waals surface area contributed by atoms with Crippen molar-refractivity contribution in [3.05, 3.63) is 35.4 Å². The standard InChI is InChI=1S/C14H21NO2/c1-4-12-7-5-6-8-13(12)14(17)15-10(2)9-11(3)16/h5-8,10-11,16H,4,9H2,1-3H3,(H,15,17). The molecule has 17 heavy (non-hydrogen) atoms. The molecule has 0 aliphatic heterocycles. The Morgan fingerprint density at radius 3 is 2.59 bits per heavy atom. The van der Waals surface area contributed by atoms with Gasteiger partial charge in [-0.25, -0.2) is 0 Å². The number of aliphatic hydroxyl groups excluding tert-OH is 1. The molecule has 0 spiro atoms. The van der Waals surface area contributed by atoms with Gasteiger partial charge < -0.3 is 10.4 Å². The summed E-state index contributed by atoms with van der Waals surface area (Å²) in [5, 5.41) is 12.2. The van der Waals surface area contributed by atoms with Crippen LogP contribution in [0.3, 0.4) is 0 Å². The molecule has 1 amide bonds. The molecule has 1 aromatic carbocycles. The lowest BCUT2D eigenvalue weighted by Gasteiger charge is -2.16. The fourth-order valence-electron chi connectivity index (χ4n) is 1.92. The van der Waals surface area contributed by atoms with Crippen LogP contribution >= 0.6 is 0 Å². The minimum absolute atomic E-state index is 0.0209. The number of hydrogen-bond acceptors (Lipinski definition) is 2. The molecule has 2 N–H and O–H groups in total. The number of benzene rings is 1. The second-order valence-electron chi connectivity index (χ2n) is 4.47. The van der Waals surface area contributed by atoms with Crippen molar-refractivity contribution in [1.29, 1.82) is 0 Å². The van der Waals surface area contributed by atoms with Gasteiger partial charge in [-0.1, -0.05) is 25.1 Å². The molecule has 3 heteroatoms. The monoisotopic (exact) mass is 235 g/mol. The van der Waals surface area contributed by atoms with Gasteiger partial charge in [-0.15, -0.1) is 0 Å². The maximum atomic E-state index is 12.0. The van der Waals surface area contributed by atoms with E-state index in [-0.39, 0.29) is 11.9 Å². The van der Waals surface area contributed by atoms with Crippen LogP contribution in [0, 0.1) is 0 Å². The molecule has 0 saturated heterocycles. The Bertz CT molecular complexity index is 374. The number of carbonyl (C=O) groups is 1. The van der Waals surface area contributed by atoms with E-state index in [1.54, 1.807) is 6.92 Å². The van der Waals surface area contributed by atoms with Crippen molar-refractivity contribution in [2.45, 2.75) is 45.8 Å². The molecule has 0 aliphatic carbocycles. The highest BCUT2D eigenvalue weighted by atomic mass is 16.3. The average molecular weight is 235 g/mol. The molecule has 94 valence electrons. The first-order valence-electron chi connectivity index (χ1n) is 6.11. The normalized spacial score (nSPS) is 14.1. The van der Waals surface area contributed by atoms with E-state index >= 15 is 0 Å². The molecule has 0 aromatic heterocycles. The molecule has 1 rings (SSSR count). The summed E-state index contributed by atoms with van der Waals surface area (Å²) in [6, 6.07) is 7.59. The lowest BCUT2D eigenvalue weighted by Crippen LogP contribution is -2.35. The van der Waals surface area contributed by atoms with Crippen LogP contribution in [0.5, 0.6) is 0 Å². The maximum absolute atomic E-state index is 12.0. The number of amides is 1. The number of rotatable bonds is 5. The van der Waals surface area contributed by atoms with Crippen molar-refractivity contribution >= 4 is 5.91 Å². The van der Waals surface area contributed by atoms with Crippen LogP contribution in [0.25, 0.3) is 0 Å². The SMILES string of the molecule is CCc1ccccc1C(=O)NC(C)CC(C)O. The second-order valence-corrected chi connectivity index (χ2v) is 4.47. The summed E-state index contributed by atoms with van der Waals surface area (Å²) in [6.45, 7) is 5.66. The van der Waals surface area contributed by atoms with E-state index in [0.29, 0.717) is 6.42 Å². The minimum Gasteiger partial charge on any atom is -0.393 e. The molecule has 0 bridgehead atoms. The summed E-state index contributed by atoms with van der Waals surface area (Å²) in [4.78, 5) is 12.0. The molecule has 0 radical (unpaired) electrons. The van der Waals surface area contributed by atoms with Crippen LogP contribution in [0.2, 0.25) is 0 Å². The Morgan fingerprint density at radius 2 is 2.00 bits per heavy atom. The third kappa shape index (κ3) is 4.19. The first kappa shape index (κ1) is 13.7. The van der Waals surface area contributed by atoms with Gasteiger partial charge in [0.05, 0.1) is 6.10 Å². The number of aliphatic hydroxyl groups is 1. The Labute approximate surface area is 103 Å². The summed E-state index contributed by atoms with van der Waals surface area (Å²) in [6.07, 6.45) is 1.01. The van der Waals surface area contributed by atoms with Gasteiger partial charge in [-0.2, -0.15) is 0 Å². The van der Waals surface area contributed by atoms with Gasteiger partial charge in [0, 0.05) is 11.6 Å². The van der Waals surface area contributed by atoms with Gasteiger partial charge in [0.25, 0.3) is 5.91 Å². The number of hydrogen-bond donors (Lipinski definition) is 2. The highest BCUT2D eigenvalue weighted by molar-refractivity contribution is 5.95. The minimum atomic E-state index is -0.397. The summed E-state index contributed by atoms with van der Waals surface area (Å²) in [5.41, 5.74) is 1.78. The van der Waals surface area contributed by atoms with E-state index in [4.69, 9.17) is 0 Å². The lowest BCUT2D eigenvalue weighted by molar-refractivity contribution is 0.0922. The zero-order chi connectivity index (χ0) is 12.8. The molecule has 3 nitrogen and oxygen atoms in total. The molecule has 1 aromatic rings. The van der Waals surface area contributed by atoms with E-state index in [1.807, 2.05) is 38.1 Å². The van der Waals surface area contributed by atoms with Crippen LogP contribution in [-0.4, -0.2) is 23.2 Å².